The molecule has 2 aromatic rings. The van der Waals surface area contributed by atoms with Gasteiger partial charge in [-0.15, -0.1) is 0 Å². The maximum Gasteiger partial charge on any atom is 0.293 e. The van der Waals surface area contributed by atoms with E-state index in [0.717, 1.165) is 17.7 Å². The highest BCUT2D eigenvalue weighted by atomic mass is 16.1. The van der Waals surface area contributed by atoms with Crippen LogP contribution in [-0.4, -0.2) is 9.55 Å². The number of benzene rings is 1. The molecule has 1 heterocycles. The van der Waals surface area contributed by atoms with E-state index < -0.39 is 0 Å². The highest BCUT2D eigenvalue weighted by Gasteiger charge is 2.09. The molecule has 0 amide bonds. The number of para-hydroxylation sites is 1. The predicted molar refractivity (Wildman–Crippen MR) is 81.1 cm³/mol. The molecule has 1 atom stereocenters. The minimum atomic E-state index is -0.117. The summed E-state index contributed by atoms with van der Waals surface area (Å²) in [6.45, 7) is 4.63. The predicted octanol–water partition coefficient (Wildman–Crippen LogP) is 2.42. The van der Waals surface area contributed by atoms with Crippen molar-refractivity contribution in [1.29, 1.82) is 0 Å². The first-order valence-electron chi connectivity index (χ1n) is 6.80. The van der Waals surface area contributed by atoms with Crippen molar-refractivity contribution in [3.63, 3.8) is 0 Å². The van der Waals surface area contributed by atoms with Crippen LogP contribution in [0.15, 0.2) is 41.5 Å². The third-order valence-corrected chi connectivity index (χ3v) is 3.08. The van der Waals surface area contributed by atoms with E-state index in [-0.39, 0.29) is 11.6 Å². The van der Waals surface area contributed by atoms with Gasteiger partial charge in [-0.3, -0.25) is 4.79 Å². The van der Waals surface area contributed by atoms with E-state index in [1.807, 2.05) is 38.1 Å². The van der Waals surface area contributed by atoms with Gasteiger partial charge in [0.25, 0.3) is 5.56 Å². The number of nitrogens with zero attached hydrogens (tertiary/aromatic N) is 2. The topological polar surface area (TPSA) is 72.9 Å². The zero-order valence-corrected chi connectivity index (χ0v) is 11.8. The van der Waals surface area contributed by atoms with Crippen LogP contribution in [0.4, 0.5) is 11.5 Å². The Kier molecular flexibility index (Phi) is 4.53. The minimum Gasteiger partial charge on any atom is -0.335 e. The highest BCUT2D eigenvalue weighted by Crippen LogP contribution is 2.22. The van der Waals surface area contributed by atoms with Crippen LogP contribution in [0.25, 0.3) is 0 Å². The Morgan fingerprint density at radius 2 is 2.15 bits per heavy atom. The Bertz CT molecular complexity index is 634. The number of rotatable bonds is 5. The lowest BCUT2D eigenvalue weighted by Crippen LogP contribution is -2.23. The minimum absolute atomic E-state index is 0.111. The summed E-state index contributed by atoms with van der Waals surface area (Å²) in [5.74, 6) is 0.328. The first kappa shape index (κ1) is 14.3. The maximum atomic E-state index is 12.3. The van der Waals surface area contributed by atoms with E-state index in [0.29, 0.717) is 12.4 Å². The Balaban J connectivity index is 2.36. The highest BCUT2D eigenvalue weighted by molar-refractivity contribution is 5.60. The van der Waals surface area contributed by atoms with Gasteiger partial charge in [0.1, 0.15) is 0 Å². The van der Waals surface area contributed by atoms with Crippen molar-refractivity contribution in [1.82, 2.24) is 9.55 Å². The van der Waals surface area contributed by atoms with Crippen molar-refractivity contribution >= 4 is 11.5 Å². The Morgan fingerprint density at radius 1 is 1.40 bits per heavy atom. The lowest BCUT2D eigenvalue weighted by atomic mass is 10.1. The van der Waals surface area contributed by atoms with Crippen LogP contribution < -0.4 is 16.6 Å². The van der Waals surface area contributed by atoms with Crippen LogP contribution in [0.5, 0.6) is 0 Å². The van der Waals surface area contributed by atoms with Crippen LogP contribution >= 0.6 is 0 Å². The van der Waals surface area contributed by atoms with E-state index in [4.69, 9.17) is 5.73 Å². The fourth-order valence-corrected chi connectivity index (χ4v) is 2.09. The van der Waals surface area contributed by atoms with E-state index in [1.165, 1.54) is 0 Å². The van der Waals surface area contributed by atoms with Crippen LogP contribution in [0.1, 0.15) is 31.9 Å². The monoisotopic (exact) mass is 272 g/mol. The van der Waals surface area contributed by atoms with Gasteiger partial charge in [0.15, 0.2) is 5.82 Å². The average Bonchev–Trinajstić information content (AvgIpc) is 2.44. The SMILES string of the molecule is CCCn1ccnc(Nc2ccccc2C(C)N)c1=O. The van der Waals surface area contributed by atoms with Crippen molar-refractivity contribution < 1.29 is 0 Å². The molecule has 0 saturated carbocycles. The Labute approximate surface area is 118 Å². The molecule has 5 heteroatoms. The van der Waals surface area contributed by atoms with Gasteiger partial charge in [-0.05, 0) is 25.0 Å². The quantitative estimate of drug-likeness (QED) is 0.876. The molecule has 0 radical (unpaired) electrons. The third kappa shape index (κ3) is 3.05. The fourth-order valence-electron chi connectivity index (χ4n) is 2.09. The largest absolute Gasteiger partial charge is 0.335 e. The molecule has 1 aromatic heterocycles. The molecule has 3 N–H and O–H groups in total. The summed E-state index contributed by atoms with van der Waals surface area (Å²) < 4.78 is 1.66. The number of aryl methyl sites for hydroxylation is 1. The summed E-state index contributed by atoms with van der Waals surface area (Å²) in [4.78, 5) is 16.4. The van der Waals surface area contributed by atoms with Crippen LogP contribution in [-0.2, 0) is 6.54 Å². The zero-order chi connectivity index (χ0) is 14.5. The summed E-state index contributed by atoms with van der Waals surface area (Å²) >= 11 is 0. The second kappa shape index (κ2) is 6.34. The summed E-state index contributed by atoms with van der Waals surface area (Å²) in [6.07, 6.45) is 4.24. The van der Waals surface area contributed by atoms with Crippen LogP contribution in [0.2, 0.25) is 0 Å². The molecule has 0 fully saturated rings. The summed E-state index contributed by atoms with van der Waals surface area (Å²) in [5, 5.41) is 3.10. The number of nitrogens with one attached hydrogen (secondary N) is 1. The van der Waals surface area contributed by atoms with Gasteiger partial charge in [-0.1, -0.05) is 25.1 Å². The van der Waals surface area contributed by atoms with Crippen LogP contribution in [0.3, 0.4) is 0 Å². The molecule has 0 aliphatic carbocycles. The van der Waals surface area contributed by atoms with Crippen molar-refractivity contribution in [3.8, 4) is 0 Å². The number of hydrogen-bond donors (Lipinski definition) is 2. The second-order valence-electron chi connectivity index (χ2n) is 4.78. The van der Waals surface area contributed by atoms with Gasteiger partial charge in [0.2, 0.25) is 0 Å². The molecule has 0 saturated heterocycles. The van der Waals surface area contributed by atoms with E-state index in [2.05, 4.69) is 10.3 Å². The summed E-state index contributed by atoms with van der Waals surface area (Å²) in [5.41, 5.74) is 7.60. The van der Waals surface area contributed by atoms with Crippen LogP contribution in [0, 0.1) is 0 Å². The van der Waals surface area contributed by atoms with E-state index in [1.54, 1.807) is 17.0 Å². The molecular formula is C15H20N4O. The normalized spacial score (nSPS) is 12.2. The molecular weight excluding hydrogens is 252 g/mol. The molecule has 0 bridgehead atoms. The lowest BCUT2D eigenvalue weighted by molar-refractivity contribution is 0.650. The molecule has 1 unspecified atom stereocenters. The van der Waals surface area contributed by atoms with Crippen molar-refractivity contribution in [2.24, 2.45) is 5.73 Å². The van der Waals surface area contributed by atoms with Gasteiger partial charge in [0, 0.05) is 30.7 Å². The summed E-state index contributed by atoms with van der Waals surface area (Å²) in [6, 6.07) is 7.57. The van der Waals surface area contributed by atoms with Gasteiger partial charge < -0.3 is 15.6 Å². The molecule has 0 aliphatic rings. The van der Waals surface area contributed by atoms with Gasteiger partial charge in [0.05, 0.1) is 0 Å². The first-order valence-corrected chi connectivity index (χ1v) is 6.80. The molecule has 2 rings (SSSR count). The fraction of sp³-hybridized carbons (Fsp3) is 0.333. The average molecular weight is 272 g/mol. The molecule has 20 heavy (non-hydrogen) atoms. The number of hydrogen-bond acceptors (Lipinski definition) is 4. The van der Waals surface area contributed by atoms with Crippen molar-refractivity contribution in [2.45, 2.75) is 32.9 Å². The Morgan fingerprint density at radius 3 is 2.85 bits per heavy atom. The second-order valence-corrected chi connectivity index (χ2v) is 4.78. The maximum absolute atomic E-state index is 12.3. The smallest absolute Gasteiger partial charge is 0.293 e. The summed E-state index contributed by atoms with van der Waals surface area (Å²) in [7, 11) is 0. The van der Waals surface area contributed by atoms with Gasteiger partial charge in [-0.25, -0.2) is 4.98 Å². The van der Waals surface area contributed by atoms with Gasteiger partial charge >= 0.3 is 0 Å². The number of anilines is 2. The Hall–Kier alpha value is -2.14. The molecule has 5 nitrogen and oxygen atoms in total. The van der Waals surface area contributed by atoms with Crippen molar-refractivity contribution in [3.05, 3.63) is 52.6 Å². The van der Waals surface area contributed by atoms with E-state index in [9.17, 15) is 4.79 Å². The number of aromatic nitrogens is 2. The molecule has 1 aromatic carbocycles. The standard InChI is InChI=1S/C15H20N4O/c1-3-9-19-10-8-17-14(15(19)20)18-13-7-5-4-6-12(13)11(2)16/h4-8,10-11H,3,9,16H2,1-2H3,(H,17,18). The number of nitrogens with two attached hydrogens (primary N) is 1. The molecule has 106 valence electrons. The third-order valence-electron chi connectivity index (χ3n) is 3.08. The van der Waals surface area contributed by atoms with Gasteiger partial charge in [-0.2, -0.15) is 0 Å². The zero-order valence-electron chi connectivity index (χ0n) is 11.8. The molecule has 0 spiro atoms. The molecule has 0 aliphatic heterocycles. The lowest BCUT2D eigenvalue weighted by Gasteiger charge is -2.14. The van der Waals surface area contributed by atoms with Crippen molar-refractivity contribution in [2.75, 3.05) is 5.32 Å². The first-order chi connectivity index (χ1) is 9.63. The van der Waals surface area contributed by atoms with E-state index >= 15 is 0 Å².